The van der Waals surface area contributed by atoms with Crippen LogP contribution in [0.4, 0.5) is 5.69 Å². The van der Waals surface area contributed by atoms with Gasteiger partial charge in [-0.25, -0.2) is 0 Å². The number of hydrogen-bond acceptors (Lipinski definition) is 2. The number of anilines is 1. The Morgan fingerprint density at radius 3 is 3.14 bits per heavy atom. The zero-order valence-corrected chi connectivity index (χ0v) is 8.93. The number of rotatable bonds is 2. The van der Waals surface area contributed by atoms with Gasteiger partial charge in [-0.2, -0.15) is 0 Å². The molecule has 2 heteroatoms. The molecule has 2 rings (SSSR count). The highest BCUT2D eigenvalue weighted by Crippen LogP contribution is 2.24. The summed E-state index contributed by atoms with van der Waals surface area (Å²) in [7, 11) is 0. The molecule has 1 heterocycles. The summed E-state index contributed by atoms with van der Waals surface area (Å²) < 4.78 is 0. The maximum Gasteiger partial charge on any atom is 0.0376 e. The summed E-state index contributed by atoms with van der Waals surface area (Å²) in [6, 6.07) is 7.07. The van der Waals surface area contributed by atoms with Crippen LogP contribution in [0, 0.1) is 6.92 Å². The third-order valence-electron chi connectivity index (χ3n) is 2.89. The van der Waals surface area contributed by atoms with E-state index in [0.29, 0.717) is 6.04 Å². The number of benzene rings is 1. The SMILES string of the molecule is CCNC1CNc2cccc(C)c2C1. The summed E-state index contributed by atoms with van der Waals surface area (Å²) in [6.07, 6.45) is 1.16. The minimum Gasteiger partial charge on any atom is -0.383 e. The van der Waals surface area contributed by atoms with Gasteiger partial charge < -0.3 is 10.6 Å². The molecule has 2 nitrogen and oxygen atoms in total. The predicted octanol–water partition coefficient (Wildman–Crippen LogP) is 1.94. The first-order chi connectivity index (χ1) is 6.81. The summed E-state index contributed by atoms with van der Waals surface area (Å²) in [5.41, 5.74) is 4.20. The van der Waals surface area contributed by atoms with Gasteiger partial charge >= 0.3 is 0 Å². The van der Waals surface area contributed by atoms with E-state index in [4.69, 9.17) is 0 Å². The molecule has 0 saturated heterocycles. The van der Waals surface area contributed by atoms with Crippen LogP contribution in [0.1, 0.15) is 18.1 Å². The molecule has 0 spiro atoms. The zero-order chi connectivity index (χ0) is 9.97. The molecule has 1 unspecified atom stereocenters. The second-order valence-electron chi connectivity index (χ2n) is 3.94. The van der Waals surface area contributed by atoms with Gasteiger partial charge in [-0.15, -0.1) is 0 Å². The van der Waals surface area contributed by atoms with Gasteiger partial charge in [0.2, 0.25) is 0 Å². The van der Waals surface area contributed by atoms with Gasteiger partial charge in [-0.1, -0.05) is 19.1 Å². The van der Waals surface area contributed by atoms with Crippen molar-refractivity contribution in [2.24, 2.45) is 0 Å². The standard InChI is InChI=1S/C12H18N2/c1-3-13-10-7-11-9(2)5-4-6-12(11)14-8-10/h4-6,10,13-14H,3,7-8H2,1-2H3. The van der Waals surface area contributed by atoms with Gasteiger partial charge in [0.15, 0.2) is 0 Å². The normalized spacial score (nSPS) is 20.0. The lowest BCUT2D eigenvalue weighted by molar-refractivity contribution is 0.533. The van der Waals surface area contributed by atoms with E-state index in [1.165, 1.54) is 16.8 Å². The Labute approximate surface area is 85.7 Å². The van der Waals surface area contributed by atoms with Crippen LogP contribution >= 0.6 is 0 Å². The van der Waals surface area contributed by atoms with Gasteiger partial charge in [0, 0.05) is 18.3 Å². The Bertz CT molecular complexity index is 320. The van der Waals surface area contributed by atoms with Gasteiger partial charge in [0.25, 0.3) is 0 Å². The molecule has 0 aliphatic carbocycles. The van der Waals surface area contributed by atoms with Crippen LogP contribution in [0.15, 0.2) is 18.2 Å². The minimum absolute atomic E-state index is 0.591. The third kappa shape index (κ3) is 1.75. The lowest BCUT2D eigenvalue weighted by Crippen LogP contribution is -2.40. The Morgan fingerprint density at radius 2 is 2.36 bits per heavy atom. The lowest BCUT2D eigenvalue weighted by atomic mass is 9.95. The van der Waals surface area contributed by atoms with Crippen LogP contribution in [0.2, 0.25) is 0 Å². The summed E-state index contributed by atoms with van der Waals surface area (Å²) >= 11 is 0. The predicted molar refractivity (Wildman–Crippen MR) is 60.8 cm³/mol. The zero-order valence-electron chi connectivity index (χ0n) is 8.93. The Kier molecular flexibility index (Phi) is 2.73. The molecule has 0 fully saturated rings. The van der Waals surface area contributed by atoms with Crippen molar-refractivity contribution in [1.82, 2.24) is 5.32 Å². The Morgan fingerprint density at radius 1 is 1.50 bits per heavy atom. The average molecular weight is 190 g/mol. The van der Waals surface area contributed by atoms with Crippen molar-refractivity contribution in [2.45, 2.75) is 26.3 Å². The summed E-state index contributed by atoms with van der Waals surface area (Å²) in [5, 5.41) is 6.97. The van der Waals surface area contributed by atoms with E-state index in [1.807, 2.05) is 0 Å². The quantitative estimate of drug-likeness (QED) is 0.744. The van der Waals surface area contributed by atoms with Crippen LogP contribution in [0.3, 0.4) is 0 Å². The Balaban J connectivity index is 2.20. The fraction of sp³-hybridized carbons (Fsp3) is 0.500. The van der Waals surface area contributed by atoms with Crippen molar-refractivity contribution >= 4 is 5.69 Å². The topological polar surface area (TPSA) is 24.1 Å². The van der Waals surface area contributed by atoms with E-state index in [9.17, 15) is 0 Å². The summed E-state index contributed by atoms with van der Waals surface area (Å²) in [5.74, 6) is 0. The smallest absolute Gasteiger partial charge is 0.0376 e. The van der Waals surface area contributed by atoms with Crippen molar-refractivity contribution in [3.05, 3.63) is 29.3 Å². The molecule has 0 bridgehead atoms. The molecular weight excluding hydrogens is 172 g/mol. The fourth-order valence-electron chi connectivity index (χ4n) is 2.12. The first kappa shape index (κ1) is 9.53. The first-order valence-corrected chi connectivity index (χ1v) is 5.37. The average Bonchev–Trinajstić information content (AvgIpc) is 2.20. The van der Waals surface area contributed by atoms with Crippen LogP contribution in [0.5, 0.6) is 0 Å². The number of aryl methyl sites for hydroxylation is 1. The Hall–Kier alpha value is -1.02. The van der Waals surface area contributed by atoms with Crippen LogP contribution in [-0.4, -0.2) is 19.1 Å². The molecule has 0 saturated carbocycles. The first-order valence-electron chi connectivity index (χ1n) is 5.37. The monoisotopic (exact) mass is 190 g/mol. The number of hydrogen-bond donors (Lipinski definition) is 2. The number of fused-ring (bicyclic) bond motifs is 1. The molecule has 0 amide bonds. The highest BCUT2D eigenvalue weighted by atomic mass is 15.0. The van der Waals surface area contributed by atoms with E-state index in [-0.39, 0.29) is 0 Å². The van der Waals surface area contributed by atoms with Crippen molar-refractivity contribution in [3.63, 3.8) is 0 Å². The second-order valence-corrected chi connectivity index (χ2v) is 3.94. The van der Waals surface area contributed by atoms with Crippen LogP contribution in [-0.2, 0) is 6.42 Å². The largest absolute Gasteiger partial charge is 0.383 e. The fourth-order valence-corrected chi connectivity index (χ4v) is 2.12. The van der Waals surface area contributed by atoms with Gasteiger partial charge in [-0.05, 0) is 37.1 Å². The molecule has 76 valence electrons. The van der Waals surface area contributed by atoms with Crippen LogP contribution < -0.4 is 10.6 Å². The number of nitrogens with one attached hydrogen (secondary N) is 2. The summed E-state index contributed by atoms with van der Waals surface area (Å²) in [4.78, 5) is 0. The second kappa shape index (κ2) is 4.01. The molecule has 0 radical (unpaired) electrons. The van der Waals surface area contributed by atoms with Crippen molar-refractivity contribution in [1.29, 1.82) is 0 Å². The minimum atomic E-state index is 0.591. The molecule has 1 aromatic rings. The van der Waals surface area contributed by atoms with Crippen molar-refractivity contribution in [2.75, 3.05) is 18.4 Å². The third-order valence-corrected chi connectivity index (χ3v) is 2.89. The van der Waals surface area contributed by atoms with Crippen molar-refractivity contribution in [3.8, 4) is 0 Å². The number of likely N-dealkylation sites (N-methyl/N-ethyl adjacent to an activating group) is 1. The molecule has 2 N–H and O–H groups in total. The van der Waals surface area contributed by atoms with E-state index in [2.05, 4.69) is 42.7 Å². The molecule has 14 heavy (non-hydrogen) atoms. The van der Waals surface area contributed by atoms with E-state index >= 15 is 0 Å². The van der Waals surface area contributed by atoms with Crippen molar-refractivity contribution < 1.29 is 0 Å². The van der Waals surface area contributed by atoms with E-state index < -0.39 is 0 Å². The molecule has 1 aliphatic heterocycles. The van der Waals surface area contributed by atoms with Gasteiger partial charge in [0.1, 0.15) is 0 Å². The molecule has 1 aromatic carbocycles. The highest BCUT2D eigenvalue weighted by Gasteiger charge is 2.17. The molecular formula is C12H18N2. The lowest BCUT2D eigenvalue weighted by Gasteiger charge is -2.27. The molecule has 1 aliphatic rings. The maximum atomic E-state index is 3.49. The molecule has 0 aromatic heterocycles. The van der Waals surface area contributed by atoms with Crippen LogP contribution in [0.25, 0.3) is 0 Å². The molecule has 1 atom stereocenters. The maximum absolute atomic E-state index is 3.49. The summed E-state index contributed by atoms with van der Waals surface area (Å²) in [6.45, 7) is 6.44. The van der Waals surface area contributed by atoms with Gasteiger partial charge in [-0.3, -0.25) is 0 Å². The van der Waals surface area contributed by atoms with E-state index in [0.717, 1.165) is 19.5 Å². The van der Waals surface area contributed by atoms with Gasteiger partial charge in [0.05, 0.1) is 0 Å². The highest BCUT2D eigenvalue weighted by molar-refractivity contribution is 5.56. The van der Waals surface area contributed by atoms with E-state index in [1.54, 1.807) is 0 Å².